The lowest BCUT2D eigenvalue weighted by atomic mass is 10.0. The van der Waals surface area contributed by atoms with E-state index in [9.17, 15) is 4.39 Å². The van der Waals surface area contributed by atoms with Crippen molar-refractivity contribution >= 4 is 28.3 Å². The molecule has 1 fully saturated rings. The third-order valence-corrected chi connectivity index (χ3v) is 3.80. The first-order chi connectivity index (χ1) is 8.72. The van der Waals surface area contributed by atoms with Gasteiger partial charge in [0, 0.05) is 42.3 Å². The quantitative estimate of drug-likeness (QED) is 0.837. The minimum atomic E-state index is -0.144. The van der Waals surface area contributed by atoms with Crippen LogP contribution in [0, 0.1) is 5.82 Å². The van der Waals surface area contributed by atoms with Gasteiger partial charge in [-0.1, -0.05) is 28.1 Å². The molecule has 1 N–H and O–H groups in total. The van der Waals surface area contributed by atoms with Gasteiger partial charge < -0.3 is 5.32 Å². The number of piperazine rings is 1. The molecule has 0 radical (unpaired) electrons. The summed E-state index contributed by atoms with van der Waals surface area (Å²) in [6.07, 6.45) is 2.65. The Bertz CT molecular complexity index is 422. The lowest BCUT2D eigenvalue weighted by molar-refractivity contribution is 0.171. The zero-order valence-corrected chi connectivity index (χ0v) is 13.1. The van der Waals surface area contributed by atoms with Crippen molar-refractivity contribution in [2.75, 3.05) is 26.2 Å². The molecule has 19 heavy (non-hydrogen) atoms. The van der Waals surface area contributed by atoms with Gasteiger partial charge in [-0.05, 0) is 18.6 Å². The predicted molar refractivity (Wildman–Crippen MR) is 83.3 cm³/mol. The van der Waals surface area contributed by atoms with Gasteiger partial charge in [0.15, 0.2) is 0 Å². The summed E-state index contributed by atoms with van der Waals surface area (Å²) in [7, 11) is 0. The number of hydrogen-bond acceptors (Lipinski definition) is 2. The molecule has 0 amide bonds. The second kappa shape index (κ2) is 8.00. The van der Waals surface area contributed by atoms with Crippen molar-refractivity contribution in [1.82, 2.24) is 10.2 Å². The van der Waals surface area contributed by atoms with Gasteiger partial charge in [-0.2, -0.15) is 0 Å². The van der Waals surface area contributed by atoms with Crippen LogP contribution in [0.4, 0.5) is 4.39 Å². The lowest BCUT2D eigenvalue weighted by Gasteiger charge is -2.35. The highest BCUT2D eigenvalue weighted by molar-refractivity contribution is 9.10. The molecule has 1 atom stereocenters. The van der Waals surface area contributed by atoms with Gasteiger partial charge in [-0.15, -0.1) is 19.0 Å². The Kier molecular flexibility index (Phi) is 7.00. The van der Waals surface area contributed by atoms with Crippen molar-refractivity contribution in [3.05, 3.63) is 46.7 Å². The van der Waals surface area contributed by atoms with Crippen LogP contribution in [0.5, 0.6) is 0 Å². The van der Waals surface area contributed by atoms with E-state index in [1.54, 1.807) is 0 Å². The average molecular weight is 350 g/mol. The van der Waals surface area contributed by atoms with Crippen LogP contribution in [0.3, 0.4) is 0 Å². The number of nitrogens with zero attached hydrogens (tertiary/aromatic N) is 1. The fraction of sp³-hybridized carbons (Fsp3) is 0.429. The summed E-state index contributed by atoms with van der Waals surface area (Å²) in [6, 6.07) is 5.40. The normalized spacial score (nSPS) is 17.6. The number of rotatable bonds is 4. The van der Waals surface area contributed by atoms with Gasteiger partial charge in [0.2, 0.25) is 0 Å². The number of hydrogen-bond donors (Lipinski definition) is 1. The molecule has 0 unspecified atom stereocenters. The van der Waals surface area contributed by atoms with Crippen LogP contribution in [0.2, 0.25) is 0 Å². The van der Waals surface area contributed by atoms with Crippen LogP contribution in [0.1, 0.15) is 18.0 Å². The second-order valence-corrected chi connectivity index (χ2v) is 5.41. The summed E-state index contributed by atoms with van der Waals surface area (Å²) in [5.41, 5.74) is 0.764. The second-order valence-electron chi connectivity index (χ2n) is 4.49. The molecule has 1 aromatic carbocycles. The van der Waals surface area contributed by atoms with Crippen molar-refractivity contribution in [2.45, 2.75) is 12.5 Å². The molecular formula is C14H19BrClFN2. The summed E-state index contributed by atoms with van der Waals surface area (Å²) < 4.78 is 14.9. The van der Waals surface area contributed by atoms with Gasteiger partial charge in [0.25, 0.3) is 0 Å². The third kappa shape index (κ3) is 4.28. The highest BCUT2D eigenvalue weighted by Crippen LogP contribution is 2.28. The number of halogens is 3. The first-order valence-corrected chi connectivity index (χ1v) is 7.02. The van der Waals surface area contributed by atoms with Crippen LogP contribution in [-0.2, 0) is 0 Å². The van der Waals surface area contributed by atoms with Gasteiger partial charge in [0.05, 0.1) is 0 Å². The van der Waals surface area contributed by atoms with Crippen molar-refractivity contribution in [3.8, 4) is 0 Å². The fourth-order valence-corrected chi connectivity index (χ4v) is 2.73. The maximum Gasteiger partial charge on any atom is 0.129 e. The van der Waals surface area contributed by atoms with Crippen LogP contribution in [-0.4, -0.2) is 31.1 Å². The van der Waals surface area contributed by atoms with E-state index in [0.29, 0.717) is 0 Å². The molecule has 5 heteroatoms. The van der Waals surface area contributed by atoms with Gasteiger partial charge >= 0.3 is 0 Å². The first-order valence-electron chi connectivity index (χ1n) is 6.23. The molecule has 1 aliphatic rings. The zero-order chi connectivity index (χ0) is 13.0. The summed E-state index contributed by atoms with van der Waals surface area (Å²) in [4.78, 5) is 2.32. The Morgan fingerprint density at radius 1 is 1.42 bits per heavy atom. The summed E-state index contributed by atoms with van der Waals surface area (Å²) in [5.74, 6) is -0.144. The SMILES string of the molecule is C=CC[C@H](c1ccc(Br)cc1F)N1CCNCC1.Cl. The monoisotopic (exact) mass is 348 g/mol. The third-order valence-electron chi connectivity index (χ3n) is 3.30. The van der Waals surface area contributed by atoms with Crippen molar-refractivity contribution < 1.29 is 4.39 Å². The van der Waals surface area contributed by atoms with Gasteiger partial charge in [-0.3, -0.25) is 4.90 Å². The van der Waals surface area contributed by atoms with Gasteiger partial charge in [-0.25, -0.2) is 4.39 Å². The molecule has 0 aromatic heterocycles. The molecule has 0 bridgehead atoms. The summed E-state index contributed by atoms with van der Waals surface area (Å²) >= 11 is 3.30. The van der Waals surface area contributed by atoms with Crippen LogP contribution < -0.4 is 5.32 Å². The van der Waals surface area contributed by atoms with E-state index in [0.717, 1.165) is 42.6 Å². The summed E-state index contributed by atoms with van der Waals surface area (Å²) in [6.45, 7) is 7.63. The topological polar surface area (TPSA) is 15.3 Å². The Hall–Kier alpha value is -0.420. The molecule has 2 nitrogen and oxygen atoms in total. The molecule has 1 heterocycles. The fourth-order valence-electron chi connectivity index (χ4n) is 2.40. The van der Waals surface area contributed by atoms with Crippen molar-refractivity contribution in [2.24, 2.45) is 0 Å². The molecule has 106 valence electrons. The smallest absolute Gasteiger partial charge is 0.129 e. The maximum atomic E-state index is 14.1. The van der Waals surface area contributed by atoms with Crippen LogP contribution >= 0.6 is 28.3 Å². The van der Waals surface area contributed by atoms with E-state index in [2.05, 4.69) is 32.7 Å². The number of benzene rings is 1. The largest absolute Gasteiger partial charge is 0.314 e. The zero-order valence-electron chi connectivity index (χ0n) is 10.7. The van der Waals surface area contributed by atoms with E-state index >= 15 is 0 Å². The minimum absolute atomic E-state index is 0. The Balaban J connectivity index is 0.00000180. The molecule has 1 aliphatic heterocycles. The standard InChI is InChI=1S/C14H18BrFN2.ClH/c1-2-3-14(18-8-6-17-7-9-18)12-5-4-11(15)10-13(12)16;/h2,4-5,10,14,17H,1,3,6-9H2;1H/t14-;/m1./s1. The minimum Gasteiger partial charge on any atom is -0.314 e. The molecular weight excluding hydrogens is 331 g/mol. The first kappa shape index (κ1) is 16.6. The maximum absolute atomic E-state index is 14.1. The molecule has 1 aromatic rings. The Labute approximate surface area is 128 Å². The van der Waals surface area contributed by atoms with E-state index in [-0.39, 0.29) is 24.3 Å². The summed E-state index contributed by atoms with van der Waals surface area (Å²) in [5, 5.41) is 3.32. The lowest BCUT2D eigenvalue weighted by Crippen LogP contribution is -2.45. The highest BCUT2D eigenvalue weighted by Gasteiger charge is 2.23. The highest BCUT2D eigenvalue weighted by atomic mass is 79.9. The molecule has 0 spiro atoms. The molecule has 0 aliphatic carbocycles. The molecule has 1 saturated heterocycles. The van der Waals surface area contributed by atoms with Crippen molar-refractivity contribution in [1.29, 1.82) is 0 Å². The van der Waals surface area contributed by atoms with E-state index in [4.69, 9.17) is 0 Å². The number of nitrogens with one attached hydrogen (secondary N) is 1. The van der Waals surface area contributed by atoms with Crippen LogP contribution in [0.25, 0.3) is 0 Å². The van der Waals surface area contributed by atoms with E-state index < -0.39 is 0 Å². The van der Waals surface area contributed by atoms with Gasteiger partial charge in [0.1, 0.15) is 5.82 Å². The Morgan fingerprint density at radius 2 is 2.11 bits per heavy atom. The molecule has 2 rings (SSSR count). The average Bonchev–Trinajstić information content (AvgIpc) is 2.38. The van der Waals surface area contributed by atoms with E-state index in [1.807, 2.05) is 18.2 Å². The Morgan fingerprint density at radius 3 is 2.68 bits per heavy atom. The van der Waals surface area contributed by atoms with E-state index in [1.165, 1.54) is 6.07 Å². The van der Waals surface area contributed by atoms with Crippen molar-refractivity contribution in [3.63, 3.8) is 0 Å². The molecule has 0 saturated carbocycles. The van der Waals surface area contributed by atoms with Crippen LogP contribution in [0.15, 0.2) is 35.3 Å². The predicted octanol–water partition coefficient (Wildman–Crippen LogP) is 3.53.